The fourth-order valence-corrected chi connectivity index (χ4v) is 1.52. The van der Waals surface area contributed by atoms with Crippen LogP contribution in [0.5, 0.6) is 0 Å². The minimum Gasteiger partial charge on any atom is -0.415 e. The topological polar surface area (TPSA) is 26.3 Å². The predicted molar refractivity (Wildman–Crippen MR) is 53.8 cm³/mol. The van der Waals surface area contributed by atoms with E-state index < -0.39 is 9.76 Å². The average molecular weight is 186 g/mol. The Labute approximate surface area is 76.9 Å². The number of allylic oxidation sites excluding steroid dienone is 1. The van der Waals surface area contributed by atoms with Crippen molar-refractivity contribution in [3.05, 3.63) is 12.2 Å². The van der Waals surface area contributed by atoms with Gasteiger partial charge in [0.05, 0.1) is 0 Å². The molecule has 0 heterocycles. The molecule has 0 fully saturated rings. The summed E-state index contributed by atoms with van der Waals surface area (Å²) in [6.45, 7) is 8.21. The van der Waals surface area contributed by atoms with Crippen LogP contribution in [0.1, 0.15) is 33.1 Å². The number of hydrogen-bond acceptors (Lipinski definition) is 2. The van der Waals surface area contributed by atoms with Crippen LogP contribution < -0.4 is 0 Å². The van der Waals surface area contributed by atoms with Crippen molar-refractivity contribution in [3.63, 3.8) is 0 Å². The van der Waals surface area contributed by atoms with E-state index in [0.29, 0.717) is 5.57 Å². The number of carbonyl (C=O) groups excluding carboxylic acids is 1. The summed E-state index contributed by atoms with van der Waals surface area (Å²) in [5, 5.41) is 0.145. The van der Waals surface area contributed by atoms with Crippen LogP contribution in [0.2, 0.25) is 0 Å². The summed E-state index contributed by atoms with van der Waals surface area (Å²) in [4.78, 5) is 11.0. The van der Waals surface area contributed by atoms with Gasteiger partial charge in [0.2, 0.25) is 9.76 Å². The van der Waals surface area contributed by atoms with Gasteiger partial charge in [0.1, 0.15) is 0 Å². The van der Waals surface area contributed by atoms with Gasteiger partial charge in [-0.05, 0) is 18.9 Å². The van der Waals surface area contributed by atoms with Gasteiger partial charge in [-0.15, -0.1) is 0 Å². The Morgan fingerprint density at radius 1 is 1.50 bits per heavy atom. The summed E-state index contributed by atoms with van der Waals surface area (Å²) in [6, 6.07) is 0. The number of rotatable bonds is 7. The van der Waals surface area contributed by atoms with Crippen LogP contribution in [0.4, 0.5) is 0 Å². The average Bonchev–Trinajstić information content (AvgIpc) is 2.03. The van der Waals surface area contributed by atoms with Crippen molar-refractivity contribution >= 4 is 15.2 Å². The molecule has 0 saturated carbocycles. The Morgan fingerprint density at radius 2 is 2.17 bits per heavy atom. The second kappa shape index (κ2) is 7.25. The first kappa shape index (κ1) is 11.6. The van der Waals surface area contributed by atoms with E-state index in [0.717, 1.165) is 13.0 Å². The lowest BCUT2D eigenvalue weighted by Gasteiger charge is -2.01. The van der Waals surface area contributed by atoms with Crippen LogP contribution in [-0.4, -0.2) is 21.8 Å². The maximum absolute atomic E-state index is 11.0. The molecule has 0 aliphatic heterocycles. The minimum absolute atomic E-state index is 0.145. The van der Waals surface area contributed by atoms with Crippen molar-refractivity contribution < 1.29 is 9.22 Å². The van der Waals surface area contributed by atoms with Gasteiger partial charge in [-0.1, -0.05) is 26.3 Å². The Kier molecular flexibility index (Phi) is 7.00. The third-order valence-corrected chi connectivity index (χ3v) is 2.96. The van der Waals surface area contributed by atoms with Gasteiger partial charge < -0.3 is 4.43 Å². The zero-order chi connectivity index (χ0) is 9.40. The number of carbonyl (C=O) groups is 1. The fraction of sp³-hybridized carbons (Fsp3) is 0.667. The van der Waals surface area contributed by atoms with Crippen molar-refractivity contribution in [2.45, 2.75) is 33.1 Å². The van der Waals surface area contributed by atoms with E-state index in [2.05, 4.69) is 13.5 Å². The lowest BCUT2D eigenvalue weighted by molar-refractivity contribution is -0.109. The molecule has 0 aromatic carbocycles. The Balaban J connectivity index is 3.20. The van der Waals surface area contributed by atoms with Gasteiger partial charge in [-0.3, -0.25) is 4.79 Å². The van der Waals surface area contributed by atoms with Crippen molar-refractivity contribution in [1.29, 1.82) is 0 Å². The molecular weight excluding hydrogens is 168 g/mol. The Morgan fingerprint density at radius 3 is 2.67 bits per heavy atom. The quantitative estimate of drug-likeness (QED) is 0.341. The zero-order valence-electron chi connectivity index (χ0n) is 8.06. The molecule has 0 atom stereocenters. The van der Waals surface area contributed by atoms with Crippen molar-refractivity contribution in [2.24, 2.45) is 0 Å². The number of unbranched alkanes of at least 4 members (excludes halogenated alkanes) is 2. The molecule has 0 aliphatic carbocycles. The van der Waals surface area contributed by atoms with E-state index in [9.17, 15) is 4.79 Å². The number of hydrogen-bond donors (Lipinski definition) is 0. The molecule has 0 aromatic heterocycles. The van der Waals surface area contributed by atoms with Crippen LogP contribution in [-0.2, 0) is 9.22 Å². The predicted octanol–water partition coefficient (Wildman–Crippen LogP) is 1.38. The van der Waals surface area contributed by atoms with Crippen LogP contribution >= 0.6 is 0 Å². The molecular formula is C9H18O2Si. The van der Waals surface area contributed by atoms with Crippen molar-refractivity contribution in [1.82, 2.24) is 0 Å². The molecule has 0 radical (unpaired) electrons. The summed E-state index contributed by atoms with van der Waals surface area (Å²) in [5.74, 6) is 0. The van der Waals surface area contributed by atoms with E-state index in [1.807, 2.05) is 0 Å². The maximum atomic E-state index is 11.0. The Bertz CT molecular complexity index is 155. The summed E-state index contributed by atoms with van der Waals surface area (Å²) in [6.07, 6.45) is 3.46. The highest BCUT2D eigenvalue weighted by atomic mass is 28.2. The molecule has 0 rings (SSSR count). The molecule has 0 saturated heterocycles. The van der Waals surface area contributed by atoms with E-state index >= 15 is 0 Å². The van der Waals surface area contributed by atoms with Crippen LogP contribution in [0, 0.1) is 0 Å². The molecule has 0 unspecified atom stereocenters. The zero-order valence-corrected chi connectivity index (χ0v) is 9.47. The summed E-state index contributed by atoms with van der Waals surface area (Å²) >= 11 is 0. The lowest BCUT2D eigenvalue weighted by atomic mass is 10.3. The van der Waals surface area contributed by atoms with Gasteiger partial charge in [0.25, 0.3) is 0 Å². The summed E-state index contributed by atoms with van der Waals surface area (Å²) in [5.41, 5.74) is 0.636. The molecule has 0 spiro atoms. The summed E-state index contributed by atoms with van der Waals surface area (Å²) in [7, 11) is -0.978. The lowest BCUT2D eigenvalue weighted by Crippen LogP contribution is -2.14. The van der Waals surface area contributed by atoms with Gasteiger partial charge in [0.15, 0.2) is 5.41 Å². The minimum atomic E-state index is -0.978. The van der Waals surface area contributed by atoms with Crippen LogP contribution in [0.15, 0.2) is 12.2 Å². The highest BCUT2D eigenvalue weighted by Gasteiger charge is 2.02. The fourth-order valence-electron chi connectivity index (χ4n) is 0.742. The van der Waals surface area contributed by atoms with Gasteiger partial charge in [0, 0.05) is 6.61 Å². The van der Waals surface area contributed by atoms with Crippen molar-refractivity contribution in [3.8, 4) is 0 Å². The molecule has 12 heavy (non-hydrogen) atoms. The smallest absolute Gasteiger partial charge is 0.240 e. The first-order valence-electron chi connectivity index (χ1n) is 4.45. The SMILES string of the molecule is C=C(C)C(=O)[SiH2]OCCCCC. The summed E-state index contributed by atoms with van der Waals surface area (Å²) < 4.78 is 5.29. The molecule has 0 N–H and O–H groups in total. The maximum Gasteiger partial charge on any atom is 0.240 e. The van der Waals surface area contributed by atoms with E-state index in [1.165, 1.54) is 12.8 Å². The standard InChI is InChI=1S/C9H18O2Si/c1-4-5-6-7-11-12-9(10)8(2)3/h2,4-7,12H2,1,3H3. The Hall–Kier alpha value is -0.413. The second-order valence-corrected chi connectivity index (χ2v) is 4.30. The molecule has 3 heteroatoms. The van der Waals surface area contributed by atoms with Gasteiger partial charge in [-0.2, -0.15) is 0 Å². The normalized spacial score (nSPS) is 10.8. The second-order valence-electron chi connectivity index (χ2n) is 2.96. The van der Waals surface area contributed by atoms with Crippen LogP contribution in [0.25, 0.3) is 0 Å². The molecule has 70 valence electrons. The molecule has 2 nitrogen and oxygen atoms in total. The van der Waals surface area contributed by atoms with E-state index in [4.69, 9.17) is 4.43 Å². The third-order valence-electron chi connectivity index (χ3n) is 1.60. The highest BCUT2D eigenvalue weighted by molar-refractivity contribution is 6.72. The van der Waals surface area contributed by atoms with Gasteiger partial charge >= 0.3 is 0 Å². The van der Waals surface area contributed by atoms with E-state index in [1.54, 1.807) is 6.92 Å². The first-order valence-corrected chi connectivity index (χ1v) is 5.73. The highest BCUT2D eigenvalue weighted by Crippen LogP contribution is 1.94. The largest absolute Gasteiger partial charge is 0.415 e. The monoisotopic (exact) mass is 186 g/mol. The van der Waals surface area contributed by atoms with Gasteiger partial charge in [-0.25, -0.2) is 0 Å². The molecule has 0 bridgehead atoms. The van der Waals surface area contributed by atoms with Crippen LogP contribution in [0.3, 0.4) is 0 Å². The molecule has 0 aliphatic rings. The first-order chi connectivity index (χ1) is 5.68. The molecule has 0 aromatic rings. The van der Waals surface area contributed by atoms with E-state index in [-0.39, 0.29) is 5.41 Å². The third kappa shape index (κ3) is 6.31. The molecule has 0 amide bonds. The van der Waals surface area contributed by atoms with Crippen molar-refractivity contribution in [2.75, 3.05) is 6.61 Å².